The van der Waals surface area contributed by atoms with Crippen molar-refractivity contribution in [2.24, 2.45) is 0 Å². The van der Waals surface area contributed by atoms with E-state index in [2.05, 4.69) is 67.9 Å². The van der Waals surface area contributed by atoms with Crippen LogP contribution in [0.1, 0.15) is 12.5 Å². The summed E-state index contributed by atoms with van der Waals surface area (Å²) in [6, 6.07) is 9.01. The Balaban J connectivity index is 2.01. The maximum atomic E-state index is 5.73. The van der Waals surface area contributed by atoms with Crippen LogP contribution in [0.4, 0.5) is 0 Å². The zero-order valence-electron chi connectivity index (χ0n) is 9.90. The SMILES string of the molecule is CC1COC(CBr)CN1Cc1cccc(Br)c1. The highest BCUT2D eigenvalue weighted by Crippen LogP contribution is 2.18. The van der Waals surface area contributed by atoms with Gasteiger partial charge in [0.25, 0.3) is 0 Å². The van der Waals surface area contributed by atoms with Crippen molar-refractivity contribution >= 4 is 31.9 Å². The Bertz CT molecular complexity index is 372. The molecule has 0 aliphatic carbocycles. The van der Waals surface area contributed by atoms with E-state index in [1.165, 1.54) is 5.56 Å². The fourth-order valence-electron chi connectivity index (χ4n) is 2.06. The number of alkyl halides is 1. The van der Waals surface area contributed by atoms with Gasteiger partial charge in [0.2, 0.25) is 0 Å². The molecule has 94 valence electrons. The van der Waals surface area contributed by atoms with Crippen LogP contribution in [0.15, 0.2) is 28.7 Å². The first-order valence-corrected chi connectivity index (χ1v) is 7.76. The van der Waals surface area contributed by atoms with E-state index in [4.69, 9.17) is 4.74 Å². The van der Waals surface area contributed by atoms with Gasteiger partial charge < -0.3 is 4.74 Å². The summed E-state index contributed by atoms with van der Waals surface area (Å²) in [4.78, 5) is 2.48. The van der Waals surface area contributed by atoms with Crippen molar-refractivity contribution in [2.45, 2.75) is 25.6 Å². The van der Waals surface area contributed by atoms with Crippen LogP contribution in [-0.4, -0.2) is 35.5 Å². The molecule has 1 heterocycles. The van der Waals surface area contributed by atoms with E-state index >= 15 is 0 Å². The zero-order chi connectivity index (χ0) is 12.3. The maximum absolute atomic E-state index is 5.73. The van der Waals surface area contributed by atoms with Gasteiger partial charge in [0.15, 0.2) is 0 Å². The quantitative estimate of drug-likeness (QED) is 0.764. The molecule has 2 nitrogen and oxygen atoms in total. The predicted octanol–water partition coefficient (Wildman–Crippen LogP) is 3.43. The molecule has 0 spiro atoms. The Morgan fingerprint density at radius 1 is 1.47 bits per heavy atom. The van der Waals surface area contributed by atoms with Gasteiger partial charge in [0, 0.05) is 28.9 Å². The van der Waals surface area contributed by atoms with Crippen molar-refractivity contribution in [3.8, 4) is 0 Å². The van der Waals surface area contributed by atoms with E-state index in [-0.39, 0.29) is 0 Å². The fourth-order valence-corrected chi connectivity index (χ4v) is 2.90. The molecular formula is C13H17Br2NO. The molecule has 0 aromatic heterocycles. The van der Waals surface area contributed by atoms with Gasteiger partial charge in [-0.15, -0.1) is 0 Å². The second-order valence-corrected chi connectivity index (χ2v) is 6.08. The summed E-state index contributed by atoms with van der Waals surface area (Å²) in [5.41, 5.74) is 1.35. The second kappa shape index (κ2) is 6.32. The first-order valence-electron chi connectivity index (χ1n) is 5.85. The molecule has 2 unspecified atom stereocenters. The molecule has 0 bridgehead atoms. The summed E-state index contributed by atoms with van der Waals surface area (Å²) >= 11 is 7.01. The van der Waals surface area contributed by atoms with E-state index in [1.54, 1.807) is 0 Å². The lowest BCUT2D eigenvalue weighted by atomic mass is 10.1. The third-order valence-electron chi connectivity index (χ3n) is 3.08. The van der Waals surface area contributed by atoms with Crippen LogP contribution in [0, 0.1) is 0 Å². The standard InChI is InChI=1S/C13H17Br2NO/c1-10-9-17-13(6-14)8-16(10)7-11-3-2-4-12(15)5-11/h2-5,10,13H,6-9H2,1H3. The highest BCUT2D eigenvalue weighted by molar-refractivity contribution is 9.10. The molecule has 1 saturated heterocycles. The largest absolute Gasteiger partial charge is 0.374 e. The Kier molecular flexibility index (Phi) is 5.03. The van der Waals surface area contributed by atoms with Gasteiger partial charge in [-0.3, -0.25) is 4.90 Å². The van der Waals surface area contributed by atoms with E-state index in [1.807, 2.05) is 0 Å². The van der Waals surface area contributed by atoms with Crippen molar-refractivity contribution in [1.82, 2.24) is 4.90 Å². The summed E-state index contributed by atoms with van der Waals surface area (Å²) in [6.45, 7) is 5.04. The van der Waals surface area contributed by atoms with Gasteiger partial charge in [0.05, 0.1) is 12.7 Å². The van der Waals surface area contributed by atoms with Crippen LogP contribution in [0.25, 0.3) is 0 Å². The van der Waals surface area contributed by atoms with Crippen LogP contribution >= 0.6 is 31.9 Å². The van der Waals surface area contributed by atoms with Crippen molar-refractivity contribution in [3.05, 3.63) is 34.3 Å². The minimum absolute atomic E-state index is 0.318. The van der Waals surface area contributed by atoms with Gasteiger partial charge in [-0.25, -0.2) is 0 Å². The van der Waals surface area contributed by atoms with Crippen molar-refractivity contribution in [2.75, 3.05) is 18.5 Å². The van der Waals surface area contributed by atoms with Crippen LogP contribution < -0.4 is 0 Å². The molecule has 1 aliphatic heterocycles. The summed E-state index contributed by atoms with van der Waals surface area (Å²) in [6.07, 6.45) is 0.318. The molecule has 1 aromatic carbocycles. The van der Waals surface area contributed by atoms with Crippen LogP contribution in [0.5, 0.6) is 0 Å². The lowest BCUT2D eigenvalue weighted by Crippen LogP contribution is -2.48. The Labute approximate surface area is 120 Å². The predicted molar refractivity (Wildman–Crippen MR) is 77.5 cm³/mol. The normalized spacial score (nSPS) is 26.1. The second-order valence-electron chi connectivity index (χ2n) is 4.52. The number of rotatable bonds is 3. The molecule has 0 amide bonds. The molecule has 0 saturated carbocycles. The average molecular weight is 363 g/mol. The third-order valence-corrected chi connectivity index (χ3v) is 4.30. The molecule has 4 heteroatoms. The van der Waals surface area contributed by atoms with Crippen molar-refractivity contribution < 1.29 is 4.74 Å². The number of hydrogen-bond acceptors (Lipinski definition) is 2. The molecule has 1 aliphatic rings. The lowest BCUT2D eigenvalue weighted by Gasteiger charge is -2.37. The number of hydrogen-bond donors (Lipinski definition) is 0. The van der Waals surface area contributed by atoms with Crippen LogP contribution in [0.2, 0.25) is 0 Å². The summed E-state index contributed by atoms with van der Waals surface area (Å²) in [5, 5.41) is 0.911. The first kappa shape index (κ1) is 13.5. The third kappa shape index (κ3) is 3.78. The summed E-state index contributed by atoms with van der Waals surface area (Å²) in [5.74, 6) is 0. The Morgan fingerprint density at radius 3 is 3.00 bits per heavy atom. The van der Waals surface area contributed by atoms with E-state index in [0.29, 0.717) is 12.1 Å². The van der Waals surface area contributed by atoms with E-state index in [0.717, 1.165) is 29.5 Å². The average Bonchev–Trinajstić information content (AvgIpc) is 2.32. The van der Waals surface area contributed by atoms with Gasteiger partial charge in [-0.05, 0) is 24.6 Å². The Morgan fingerprint density at radius 2 is 2.29 bits per heavy atom. The number of ether oxygens (including phenoxy) is 1. The van der Waals surface area contributed by atoms with Crippen molar-refractivity contribution in [1.29, 1.82) is 0 Å². The topological polar surface area (TPSA) is 12.5 Å². The molecule has 0 N–H and O–H groups in total. The zero-order valence-corrected chi connectivity index (χ0v) is 13.1. The van der Waals surface area contributed by atoms with E-state index in [9.17, 15) is 0 Å². The highest BCUT2D eigenvalue weighted by atomic mass is 79.9. The van der Waals surface area contributed by atoms with Crippen molar-refractivity contribution in [3.63, 3.8) is 0 Å². The van der Waals surface area contributed by atoms with Gasteiger partial charge in [-0.1, -0.05) is 44.0 Å². The molecule has 2 atom stereocenters. The molecule has 17 heavy (non-hydrogen) atoms. The number of nitrogens with zero attached hydrogens (tertiary/aromatic N) is 1. The summed E-state index contributed by atoms with van der Waals surface area (Å²) in [7, 11) is 0. The lowest BCUT2D eigenvalue weighted by molar-refractivity contribution is -0.0499. The number of halogens is 2. The highest BCUT2D eigenvalue weighted by Gasteiger charge is 2.25. The van der Waals surface area contributed by atoms with E-state index < -0.39 is 0 Å². The first-order chi connectivity index (χ1) is 8.19. The van der Waals surface area contributed by atoms with Gasteiger partial charge in [-0.2, -0.15) is 0 Å². The minimum atomic E-state index is 0.318. The molecule has 2 rings (SSSR count). The smallest absolute Gasteiger partial charge is 0.0799 e. The van der Waals surface area contributed by atoms with Gasteiger partial charge >= 0.3 is 0 Å². The molecule has 0 radical (unpaired) electrons. The Hall–Kier alpha value is 0.100. The number of morpholine rings is 1. The maximum Gasteiger partial charge on any atom is 0.0799 e. The van der Waals surface area contributed by atoms with Crippen LogP contribution in [0.3, 0.4) is 0 Å². The minimum Gasteiger partial charge on any atom is -0.374 e. The monoisotopic (exact) mass is 361 g/mol. The number of benzene rings is 1. The van der Waals surface area contributed by atoms with Crippen LogP contribution in [-0.2, 0) is 11.3 Å². The summed E-state index contributed by atoms with van der Waals surface area (Å²) < 4.78 is 6.88. The molecule has 1 aromatic rings. The van der Waals surface area contributed by atoms with Gasteiger partial charge in [0.1, 0.15) is 0 Å². The fraction of sp³-hybridized carbons (Fsp3) is 0.538. The molecular weight excluding hydrogens is 346 g/mol. The molecule has 1 fully saturated rings.